The molecule has 33 heavy (non-hydrogen) atoms. The van der Waals surface area contributed by atoms with Crippen LogP contribution in [0.4, 0.5) is 5.95 Å². The predicted molar refractivity (Wildman–Crippen MR) is 124 cm³/mol. The summed E-state index contributed by atoms with van der Waals surface area (Å²) in [6.45, 7) is 4.35. The van der Waals surface area contributed by atoms with Crippen LogP contribution in [-0.4, -0.2) is 47.8 Å². The fourth-order valence-electron chi connectivity index (χ4n) is 4.30. The average molecular weight is 444 g/mol. The molecule has 0 spiro atoms. The number of H-pyrrole nitrogens is 1. The third kappa shape index (κ3) is 4.54. The molecule has 0 radical (unpaired) electrons. The molecule has 8 heteroatoms. The minimum atomic E-state index is -0.170. The molecular weight excluding hydrogens is 418 g/mol. The lowest BCUT2D eigenvalue weighted by Crippen LogP contribution is -2.47. The van der Waals surface area contributed by atoms with E-state index in [2.05, 4.69) is 26.9 Å². The molecule has 0 bridgehead atoms. The number of hydrogen-bond acceptors (Lipinski definition) is 7. The molecule has 1 N–H and O–H groups in total. The summed E-state index contributed by atoms with van der Waals surface area (Å²) >= 11 is 0. The molecule has 2 aliphatic rings. The van der Waals surface area contributed by atoms with E-state index in [-0.39, 0.29) is 18.8 Å². The Labute approximate surface area is 192 Å². The first kappa shape index (κ1) is 21.0. The largest absolute Gasteiger partial charge is 0.454 e. The molecule has 168 valence electrons. The minimum Gasteiger partial charge on any atom is -0.454 e. The van der Waals surface area contributed by atoms with Gasteiger partial charge in [-0.25, -0.2) is 4.98 Å². The van der Waals surface area contributed by atoms with Gasteiger partial charge in [-0.1, -0.05) is 36.4 Å². The number of nitrogens with zero attached hydrogens (tertiary/aromatic N) is 4. The Morgan fingerprint density at radius 2 is 1.82 bits per heavy atom. The SMILES string of the molecule is N#CCCc1c(-c2ccccc2)nc(N2CCN(Cc3ccc4c(c3)OCO4)CC2)[nH]c1=O. The number of ether oxygens (including phenoxy) is 2. The number of benzene rings is 2. The molecule has 3 heterocycles. The van der Waals surface area contributed by atoms with Crippen molar-refractivity contribution in [2.75, 3.05) is 37.9 Å². The number of aromatic amines is 1. The normalized spacial score (nSPS) is 15.4. The number of piperazine rings is 1. The molecule has 0 amide bonds. The number of anilines is 1. The molecule has 0 saturated carbocycles. The van der Waals surface area contributed by atoms with Gasteiger partial charge in [0.25, 0.3) is 5.56 Å². The summed E-state index contributed by atoms with van der Waals surface area (Å²) in [5, 5.41) is 9.01. The van der Waals surface area contributed by atoms with E-state index in [0.29, 0.717) is 23.6 Å². The molecule has 1 aromatic heterocycles. The van der Waals surface area contributed by atoms with E-state index < -0.39 is 0 Å². The molecule has 0 unspecified atom stereocenters. The Hall–Kier alpha value is -3.83. The Morgan fingerprint density at radius 1 is 1.03 bits per heavy atom. The second kappa shape index (κ2) is 9.35. The van der Waals surface area contributed by atoms with Crippen LogP contribution in [0.1, 0.15) is 17.5 Å². The Bertz CT molecular complexity index is 1230. The summed E-state index contributed by atoms with van der Waals surface area (Å²) in [6.07, 6.45) is 0.662. The molecule has 2 aliphatic heterocycles. The van der Waals surface area contributed by atoms with Crippen LogP contribution in [0.5, 0.6) is 11.5 Å². The van der Waals surface area contributed by atoms with Crippen molar-refractivity contribution in [2.24, 2.45) is 0 Å². The van der Waals surface area contributed by atoms with Gasteiger partial charge in [0.1, 0.15) is 0 Å². The van der Waals surface area contributed by atoms with Crippen LogP contribution < -0.4 is 19.9 Å². The Morgan fingerprint density at radius 3 is 2.61 bits per heavy atom. The molecule has 5 rings (SSSR count). The smallest absolute Gasteiger partial charge is 0.256 e. The molecule has 1 fully saturated rings. The molecule has 8 nitrogen and oxygen atoms in total. The molecule has 1 saturated heterocycles. The second-order valence-electron chi connectivity index (χ2n) is 8.19. The predicted octanol–water partition coefficient (Wildman–Crippen LogP) is 2.94. The summed E-state index contributed by atoms with van der Waals surface area (Å²) in [4.78, 5) is 25.2. The number of nitrogens with one attached hydrogen (secondary N) is 1. The summed E-state index contributed by atoms with van der Waals surface area (Å²) < 4.78 is 10.9. The number of fused-ring (bicyclic) bond motifs is 1. The summed E-state index contributed by atoms with van der Waals surface area (Å²) in [5.74, 6) is 2.19. The van der Waals surface area contributed by atoms with Gasteiger partial charge in [-0.2, -0.15) is 5.26 Å². The lowest BCUT2D eigenvalue weighted by atomic mass is 10.0. The van der Waals surface area contributed by atoms with Crippen molar-refractivity contribution in [3.63, 3.8) is 0 Å². The topological polar surface area (TPSA) is 94.5 Å². The number of nitriles is 1. The second-order valence-corrected chi connectivity index (χ2v) is 8.19. The van der Waals surface area contributed by atoms with Crippen LogP contribution in [0.3, 0.4) is 0 Å². The minimum absolute atomic E-state index is 0.170. The molecule has 0 aliphatic carbocycles. The average Bonchev–Trinajstić information content (AvgIpc) is 3.32. The highest BCUT2D eigenvalue weighted by atomic mass is 16.7. The van der Waals surface area contributed by atoms with Gasteiger partial charge in [0.15, 0.2) is 11.5 Å². The molecule has 0 atom stereocenters. The highest BCUT2D eigenvalue weighted by Gasteiger charge is 2.22. The lowest BCUT2D eigenvalue weighted by molar-refractivity contribution is 0.174. The highest BCUT2D eigenvalue weighted by molar-refractivity contribution is 5.64. The van der Waals surface area contributed by atoms with Gasteiger partial charge in [0.05, 0.1) is 11.8 Å². The van der Waals surface area contributed by atoms with E-state index in [4.69, 9.17) is 19.7 Å². The highest BCUT2D eigenvalue weighted by Crippen LogP contribution is 2.33. The fourth-order valence-corrected chi connectivity index (χ4v) is 4.30. The van der Waals surface area contributed by atoms with Gasteiger partial charge in [0, 0.05) is 50.3 Å². The van der Waals surface area contributed by atoms with Crippen molar-refractivity contribution in [3.8, 4) is 28.8 Å². The van der Waals surface area contributed by atoms with Gasteiger partial charge >= 0.3 is 0 Å². The summed E-state index contributed by atoms with van der Waals surface area (Å²) in [5.41, 5.74) is 3.13. The number of aromatic nitrogens is 2. The van der Waals surface area contributed by atoms with Crippen LogP contribution >= 0.6 is 0 Å². The maximum Gasteiger partial charge on any atom is 0.256 e. The van der Waals surface area contributed by atoms with Crippen molar-refractivity contribution in [1.82, 2.24) is 14.9 Å². The fraction of sp³-hybridized carbons (Fsp3) is 0.320. The van der Waals surface area contributed by atoms with Crippen LogP contribution in [0.15, 0.2) is 53.3 Å². The van der Waals surface area contributed by atoms with E-state index in [1.54, 1.807) is 0 Å². The van der Waals surface area contributed by atoms with Crippen molar-refractivity contribution in [2.45, 2.75) is 19.4 Å². The van der Waals surface area contributed by atoms with E-state index in [9.17, 15) is 4.79 Å². The third-order valence-electron chi connectivity index (χ3n) is 6.05. The number of rotatable bonds is 6. The zero-order chi connectivity index (χ0) is 22.6. The van der Waals surface area contributed by atoms with Gasteiger partial charge < -0.3 is 14.4 Å². The maximum absolute atomic E-state index is 12.9. The van der Waals surface area contributed by atoms with E-state index in [1.165, 1.54) is 5.56 Å². The first-order chi connectivity index (χ1) is 16.2. The van der Waals surface area contributed by atoms with Crippen molar-refractivity contribution >= 4 is 5.95 Å². The third-order valence-corrected chi connectivity index (χ3v) is 6.05. The monoisotopic (exact) mass is 443 g/mol. The molecule has 3 aromatic rings. The maximum atomic E-state index is 12.9. The number of hydrogen-bond donors (Lipinski definition) is 1. The van der Waals surface area contributed by atoms with E-state index in [0.717, 1.165) is 49.8 Å². The standard InChI is InChI=1S/C25H25N5O3/c26-10-4-7-20-23(19-5-2-1-3-6-19)27-25(28-24(20)31)30-13-11-29(12-14-30)16-18-8-9-21-22(15-18)33-17-32-21/h1-3,5-6,8-9,15H,4,7,11-14,16-17H2,(H,27,28,31). The molecule has 2 aromatic carbocycles. The van der Waals surface area contributed by atoms with E-state index in [1.807, 2.05) is 42.5 Å². The van der Waals surface area contributed by atoms with Crippen LogP contribution in [0.25, 0.3) is 11.3 Å². The zero-order valence-electron chi connectivity index (χ0n) is 18.3. The van der Waals surface area contributed by atoms with Crippen molar-refractivity contribution < 1.29 is 9.47 Å². The first-order valence-corrected chi connectivity index (χ1v) is 11.1. The van der Waals surface area contributed by atoms with Crippen molar-refractivity contribution in [3.05, 3.63) is 70.0 Å². The van der Waals surface area contributed by atoms with Crippen molar-refractivity contribution in [1.29, 1.82) is 5.26 Å². The van der Waals surface area contributed by atoms with E-state index >= 15 is 0 Å². The lowest BCUT2D eigenvalue weighted by Gasteiger charge is -2.35. The van der Waals surface area contributed by atoms with Gasteiger partial charge in [-0.15, -0.1) is 0 Å². The Kier molecular flexibility index (Phi) is 5.96. The molecular formula is C25H25N5O3. The van der Waals surface area contributed by atoms with Crippen LogP contribution in [0, 0.1) is 11.3 Å². The van der Waals surface area contributed by atoms with Gasteiger partial charge in [-0.3, -0.25) is 14.7 Å². The zero-order valence-corrected chi connectivity index (χ0v) is 18.3. The Balaban J connectivity index is 1.31. The summed E-state index contributed by atoms with van der Waals surface area (Å²) in [7, 11) is 0. The van der Waals surface area contributed by atoms with Crippen LogP contribution in [0.2, 0.25) is 0 Å². The van der Waals surface area contributed by atoms with Crippen LogP contribution in [-0.2, 0) is 13.0 Å². The van der Waals surface area contributed by atoms with Gasteiger partial charge in [0.2, 0.25) is 12.7 Å². The van der Waals surface area contributed by atoms with Gasteiger partial charge in [-0.05, 0) is 24.1 Å². The quantitative estimate of drug-likeness (QED) is 0.626. The summed E-state index contributed by atoms with van der Waals surface area (Å²) in [6, 6.07) is 17.9. The first-order valence-electron chi connectivity index (χ1n) is 11.1.